The molecule has 1 heterocycles. The van der Waals surface area contributed by atoms with Gasteiger partial charge < -0.3 is 19.5 Å². The molecule has 0 spiro atoms. The standard InChI is InChI=1S/C18H21NO6/c1-11(20)13-7-15-16(25-10-24-15)8-14(13)19-17(21)9-23-18(22)6-12-4-2-3-5-12/h7-8,12H,2-6,9-10H2,1H3,(H,19,21). The van der Waals surface area contributed by atoms with E-state index in [9.17, 15) is 14.4 Å². The third-order valence-corrected chi connectivity index (χ3v) is 4.46. The van der Waals surface area contributed by atoms with Gasteiger partial charge in [-0.2, -0.15) is 0 Å². The molecule has 0 atom stereocenters. The number of ketones is 1. The molecule has 7 nitrogen and oxygen atoms in total. The molecule has 1 saturated carbocycles. The Kier molecular flexibility index (Phi) is 5.21. The average Bonchev–Trinajstić information content (AvgIpc) is 3.23. The van der Waals surface area contributed by atoms with Crippen LogP contribution in [0.4, 0.5) is 5.69 Å². The number of carbonyl (C=O) groups is 3. The molecule has 1 aliphatic carbocycles. The van der Waals surface area contributed by atoms with Crippen molar-refractivity contribution in [2.75, 3.05) is 18.7 Å². The Balaban J connectivity index is 1.57. The average molecular weight is 347 g/mol. The zero-order valence-corrected chi connectivity index (χ0v) is 14.1. The molecule has 1 aliphatic heterocycles. The van der Waals surface area contributed by atoms with Crippen LogP contribution in [0.1, 0.15) is 49.4 Å². The summed E-state index contributed by atoms with van der Waals surface area (Å²) >= 11 is 0. The molecule has 2 aliphatic rings. The molecule has 1 fully saturated rings. The van der Waals surface area contributed by atoms with E-state index in [0.717, 1.165) is 25.7 Å². The number of benzene rings is 1. The van der Waals surface area contributed by atoms with Crippen molar-refractivity contribution in [1.82, 2.24) is 0 Å². The van der Waals surface area contributed by atoms with E-state index in [0.29, 0.717) is 35.1 Å². The van der Waals surface area contributed by atoms with Gasteiger partial charge in [0.1, 0.15) is 0 Å². The van der Waals surface area contributed by atoms with Crippen LogP contribution in [0.5, 0.6) is 11.5 Å². The van der Waals surface area contributed by atoms with Gasteiger partial charge in [-0.25, -0.2) is 0 Å². The first-order valence-electron chi connectivity index (χ1n) is 8.43. The third kappa shape index (κ3) is 4.29. The Morgan fingerprint density at radius 2 is 1.84 bits per heavy atom. The van der Waals surface area contributed by atoms with Crippen LogP contribution in [-0.4, -0.2) is 31.1 Å². The maximum absolute atomic E-state index is 12.1. The zero-order valence-electron chi connectivity index (χ0n) is 14.1. The Morgan fingerprint density at radius 1 is 1.16 bits per heavy atom. The van der Waals surface area contributed by atoms with E-state index < -0.39 is 5.91 Å². The highest BCUT2D eigenvalue weighted by Crippen LogP contribution is 2.37. The van der Waals surface area contributed by atoms with Crippen molar-refractivity contribution >= 4 is 23.3 Å². The summed E-state index contributed by atoms with van der Waals surface area (Å²) in [6, 6.07) is 3.07. The summed E-state index contributed by atoms with van der Waals surface area (Å²) in [6.45, 7) is 1.09. The number of fused-ring (bicyclic) bond motifs is 1. The number of Topliss-reactive ketones (excluding diaryl/α,β-unsaturated/α-hetero) is 1. The molecule has 25 heavy (non-hydrogen) atoms. The number of rotatable bonds is 6. The summed E-state index contributed by atoms with van der Waals surface area (Å²) in [6.07, 6.45) is 4.74. The van der Waals surface area contributed by atoms with Gasteiger partial charge in [-0.3, -0.25) is 14.4 Å². The Morgan fingerprint density at radius 3 is 2.52 bits per heavy atom. The molecule has 0 radical (unpaired) electrons. The molecule has 1 amide bonds. The van der Waals surface area contributed by atoms with Crippen molar-refractivity contribution in [1.29, 1.82) is 0 Å². The minimum atomic E-state index is -0.499. The number of carbonyl (C=O) groups excluding carboxylic acids is 3. The first kappa shape index (κ1) is 17.3. The van der Waals surface area contributed by atoms with Gasteiger partial charge in [-0.15, -0.1) is 0 Å². The van der Waals surface area contributed by atoms with Crippen molar-refractivity contribution in [2.45, 2.75) is 39.0 Å². The molecule has 0 bridgehead atoms. The van der Waals surface area contributed by atoms with Crippen molar-refractivity contribution in [2.24, 2.45) is 5.92 Å². The van der Waals surface area contributed by atoms with Crippen molar-refractivity contribution in [3.05, 3.63) is 17.7 Å². The normalized spacial score (nSPS) is 15.9. The van der Waals surface area contributed by atoms with Crippen LogP contribution in [0, 0.1) is 5.92 Å². The summed E-state index contributed by atoms with van der Waals surface area (Å²) in [4.78, 5) is 35.6. The molecule has 0 saturated heterocycles. The maximum Gasteiger partial charge on any atom is 0.306 e. The van der Waals surface area contributed by atoms with Crippen LogP contribution in [-0.2, 0) is 14.3 Å². The monoisotopic (exact) mass is 347 g/mol. The molecule has 1 N–H and O–H groups in total. The predicted octanol–water partition coefficient (Wildman–Crippen LogP) is 2.68. The van der Waals surface area contributed by atoms with E-state index in [1.165, 1.54) is 19.1 Å². The van der Waals surface area contributed by atoms with Gasteiger partial charge in [-0.05, 0) is 31.7 Å². The van der Waals surface area contributed by atoms with E-state index >= 15 is 0 Å². The van der Waals surface area contributed by atoms with Gasteiger partial charge in [0, 0.05) is 18.1 Å². The predicted molar refractivity (Wildman–Crippen MR) is 88.7 cm³/mol. The van der Waals surface area contributed by atoms with E-state index in [1.807, 2.05) is 0 Å². The topological polar surface area (TPSA) is 90.9 Å². The highest BCUT2D eigenvalue weighted by molar-refractivity contribution is 6.05. The van der Waals surface area contributed by atoms with Crippen LogP contribution in [0.15, 0.2) is 12.1 Å². The highest BCUT2D eigenvalue weighted by Gasteiger charge is 2.22. The number of amides is 1. The van der Waals surface area contributed by atoms with Gasteiger partial charge in [0.25, 0.3) is 5.91 Å². The molecular formula is C18H21NO6. The lowest BCUT2D eigenvalue weighted by molar-refractivity contribution is -0.148. The first-order valence-corrected chi connectivity index (χ1v) is 8.43. The lowest BCUT2D eigenvalue weighted by Gasteiger charge is -2.12. The lowest BCUT2D eigenvalue weighted by atomic mass is 10.0. The molecule has 1 aromatic carbocycles. The smallest absolute Gasteiger partial charge is 0.306 e. The molecule has 7 heteroatoms. The van der Waals surface area contributed by atoms with Crippen molar-refractivity contribution in [3.8, 4) is 11.5 Å². The largest absolute Gasteiger partial charge is 0.456 e. The number of esters is 1. The number of hydrogen-bond donors (Lipinski definition) is 1. The maximum atomic E-state index is 12.1. The van der Waals surface area contributed by atoms with Gasteiger partial charge in [0.05, 0.1) is 5.69 Å². The minimum Gasteiger partial charge on any atom is -0.456 e. The zero-order chi connectivity index (χ0) is 17.8. The third-order valence-electron chi connectivity index (χ3n) is 4.46. The second-order valence-electron chi connectivity index (χ2n) is 6.37. The summed E-state index contributed by atoms with van der Waals surface area (Å²) in [5.41, 5.74) is 0.628. The summed E-state index contributed by atoms with van der Waals surface area (Å²) in [5, 5.41) is 2.60. The van der Waals surface area contributed by atoms with Gasteiger partial charge in [-0.1, -0.05) is 12.8 Å². The Labute approximate surface area is 145 Å². The summed E-state index contributed by atoms with van der Waals surface area (Å²) in [5.74, 6) is 0.214. The van der Waals surface area contributed by atoms with Crippen molar-refractivity contribution in [3.63, 3.8) is 0 Å². The van der Waals surface area contributed by atoms with Crippen molar-refractivity contribution < 1.29 is 28.6 Å². The van der Waals surface area contributed by atoms with Gasteiger partial charge in [0.15, 0.2) is 23.9 Å². The van der Waals surface area contributed by atoms with E-state index in [2.05, 4.69) is 5.32 Å². The fourth-order valence-corrected chi connectivity index (χ4v) is 3.18. The fourth-order valence-electron chi connectivity index (χ4n) is 3.18. The van der Waals surface area contributed by atoms with Crippen LogP contribution in [0.2, 0.25) is 0 Å². The van der Waals surface area contributed by atoms with Gasteiger partial charge in [0.2, 0.25) is 6.79 Å². The van der Waals surface area contributed by atoms with Crippen LogP contribution >= 0.6 is 0 Å². The van der Waals surface area contributed by atoms with Gasteiger partial charge >= 0.3 is 5.97 Å². The number of anilines is 1. The van der Waals surface area contributed by atoms with Crippen LogP contribution in [0.25, 0.3) is 0 Å². The minimum absolute atomic E-state index is 0.0723. The van der Waals surface area contributed by atoms with Crippen LogP contribution < -0.4 is 14.8 Å². The van der Waals surface area contributed by atoms with E-state index in [1.54, 1.807) is 0 Å². The summed E-state index contributed by atoms with van der Waals surface area (Å²) in [7, 11) is 0. The molecular weight excluding hydrogens is 326 g/mol. The number of hydrogen-bond acceptors (Lipinski definition) is 6. The number of ether oxygens (including phenoxy) is 3. The second kappa shape index (κ2) is 7.55. The SMILES string of the molecule is CC(=O)c1cc2c(cc1NC(=O)COC(=O)CC1CCCC1)OCO2. The number of nitrogens with one attached hydrogen (secondary N) is 1. The molecule has 1 aromatic rings. The Hall–Kier alpha value is -2.57. The lowest BCUT2D eigenvalue weighted by Crippen LogP contribution is -2.22. The molecule has 3 rings (SSSR count). The first-order chi connectivity index (χ1) is 12.0. The second-order valence-corrected chi connectivity index (χ2v) is 6.37. The highest BCUT2D eigenvalue weighted by atomic mass is 16.7. The summed E-state index contributed by atoms with van der Waals surface area (Å²) < 4.78 is 15.5. The van der Waals surface area contributed by atoms with E-state index in [-0.39, 0.29) is 25.2 Å². The fraction of sp³-hybridized carbons (Fsp3) is 0.500. The molecule has 134 valence electrons. The Bertz CT molecular complexity index is 693. The quantitative estimate of drug-likeness (QED) is 0.628. The molecule has 0 unspecified atom stereocenters. The van der Waals surface area contributed by atoms with Crippen LogP contribution in [0.3, 0.4) is 0 Å². The van der Waals surface area contributed by atoms with E-state index in [4.69, 9.17) is 14.2 Å². The molecule has 0 aromatic heterocycles.